The Bertz CT molecular complexity index is 1310. The van der Waals surface area contributed by atoms with Crippen molar-refractivity contribution in [2.75, 3.05) is 26.1 Å². The van der Waals surface area contributed by atoms with Gasteiger partial charge in [0.25, 0.3) is 5.91 Å². The third-order valence-electron chi connectivity index (χ3n) is 4.87. The maximum atomic E-state index is 12.5. The summed E-state index contributed by atoms with van der Waals surface area (Å²) < 4.78 is 42.3. The molecule has 10 nitrogen and oxygen atoms in total. The van der Waals surface area contributed by atoms with Gasteiger partial charge in [0.1, 0.15) is 5.75 Å². The van der Waals surface area contributed by atoms with E-state index in [0.717, 1.165) is 5.56 Å². The Morgan fingerprint density at radius 3 is 1.94 bits per heavy atom. The zero-order valence-corrected chi connectivity index (χ0v) is 20.3. The summed E-state index contributed by atoms with van der Waals surface area (Å²) in [6.45, 7) is -0.259. The van der Waals surface area contributed by atoms with Crippen molar-refractivity contribution < 1.29 is 37.0 Å². The van der Waals surface area contributed by atoms with E-state index in [4.69, 9.17) is 4.74 Å². The Labute approximate surface area is 208 Å². The highest BCUT2D eigenvalue weighted by molar-refractivity contribution is 7.89. The normalized spacial score (nSPS) is 10.8. The van der Waals surface area contributed by atoms with Gasteiger partial charge in [-0.1, -0.05) is 30.3 Å². The van der Waals surface area contributed by atoms with Crippen molar-refractivity contribution in [3.8, 4) is 5.75 Å². The SMILES string of the molecule is COC(=O)c1cc(NC(=O)COc2ccc(S(=O)(=O)NCc3ccccc3)cc2)cc(C(=O)OC)c1. The number of esters is 2. The van der Waals surface area contributed by atoms with E-state index >= 15 is 0 Å². The molecule has 11 heteroatoms. The minimum atomic E-state index is -3.73. The van der Waals surface area contributed by atoms with Gasteiger partial charge in [0.05, 0.1) is 30.2 Å². The number of benzene rings is 3. The molecule has 3 aromatic rings. The lowest BCUT2D eigenvalue weighted by molar-refractivity contribution is -0.118. The van der Waals surface area contributed by atoms with Gasteiger partial charge < -0.3 is 19.5 Å². The van der Waals surface area contributed by atoms with Gasteiger partial charge in [0.15, 0.2) is 6.61 Å². The van der Waals surface area contributed by atoms with Crippen LogP contribution in [0.1, 0.15) is 26.3 Å². The van der Waals surface area contributed by atoms with Crippen LogP contribution in [0.25, 0.3) is 0 Å². The van der Waals surface area contributed by atoms with Crippen molar-refractivity contribution >= 4 is 33.6 Å². The van der Waals surface area contributed by atoms with Gasteiger partial charge in [-0.2, -0.15) is 0 Å². The number of rotatable bonds is 10. The zero-order valence-electron chi connectivity index (χ0n) is 19.5. The highest BCUT2D eigenvalue weighted by Crippen LogP contribution is 2.19. The molecule has 0 spiro atoms. The van der Waals surface area contributed by atoms with Crippen LogP contribution in [0.3, 0.4) is 0 Å². The second-order valence-electron chi connectivity index (χ2n) is 7.40. The molecule has 0 aliphatic heterocycles. The lowest BCUT2D eigenvalue weighted by Gasteiger charge is -2.11. The lowest BCUT2D eigenvalue weighted by Crippen LogP contribution is -2.23. The van der Waals surface area contributed by atoms with E-state index in [9.17, 15) is 22.8 Å². The van der Waals surface area contributed by atoms with Crippen LogP contribution in [0.5, 0.6) is 5.75 Å². The Hall–Kier alpha value is -4.22. The van der Waals surface area contributed by atoms with Gasteiger partial charge in [0.2, 0.25) is 10.0 Å². The van der Waals surface area contributed by atoms with Crippen molar-refractivity contribution in [1.82, 2.24) is 4.72 Å². The van der Waals surface area contributed by atoms with Gasteiger partial charge in [-0.25, -0.2) is 22.7 Å². The molecule has 36 heavy (non-hydrogen) atoms. The molecule has 3 aromatic carbocycles. The summed E-state index contributed by atoms with van der Waals surface area (Å²) in [5, 5.41) is 2.53. The van der Waals surface area contributed by atoms with Gasteiger partial charge in [-0.05, 0) is 48.0 Å². The highest BCUT2D eigenvalue weighted by Gasteiger charge is 2.16. The summed E-state index contributed by atoms with van der Waals surface area (Å²) in [6.07, 6.45) is 0. The average molecular weight is 513 g/mol. The number of carbonyl (C=O) groups excluding carboxylic acids is 3. The van der Waals surface area contributed by atoms with E-state index in [1.165, 1.54) is 56.7 Å². The number of sulfonamides is 1. The number of hydrogen-bond donors (Lipinski definition) is 2. The number of amides is 1. The summed E-state index contributed by atoms with van der Waals surface area (Å²) in [7, 11) is -1.36. The Balaban J connectivity index is 1.60. The lowest BCUT2D eigenvalue weighted by atomic mass is 10.1. The zero-order chi connectivity index (χ0) is 26.1. The van der Waals surface area contributed by atoms with Gasteiger partial charge in [0, 0.05) is 12.2 Å². The van der Waals surface area contributed by atoms with Crippen molar-refractivity contribution in [2.45, 2.75) is 11.4 Å². The number of carbonyl (C=O) groups is 3. The summed E-state index contributed by atoms with van der Waals surface area (Å²) >= 11 is 0. The van der Waals surface area contributed by atoms with E-state index in [1.807, 2.05) is 30.3 Å². The molecular weight excluding hydrogens is 488 g/mol. The van der Waals surface area contributed by atoms with Crippen LogP contribution in [0.4, 0.5) is 5.69 Å². The summed E-state index contributed by atoms with van der Waals surface area (Å²) in [5.74, 6) is -1.69. The maximum absolute atomic E-state index is 12.5. The first-order chi connectivity index (χ1) is 17.2. The fraction of sp³-hybridized carbons (Fsp3) is 0.160. The molecule has 0 saturated heterocycles. The van der Waals surface area contributed by atoms with Crippen LogP contribution >= 0.6 is 0 Å². The van der Waals surface area contributed by atoms with Crippen LogP contribution in [0, 0.1) is 0 Å². The quantitative estimate of drug-likeness (QED) is 0.396. The highest BCUT2D eigenvalue weighted by atomic mass is 32.2. The average Bonchev–Trinajstić information content (AvgIpc) is 2.90. The van der Waals surface area contributed by atoms with E-state index in [0.29, 0.717) is 0 Å². The third kappa shape index (κ3) is 7.14. The van der Waals surface area contributed by atoms with Crippen LogP contribution < -0.4 is 14.8 Å². The number of hydrogen-bond acceptors (Lipinski definition) is 8. The van der Waals surface area contributed by atoms with Crippen LogP contribution in [0.2, 0.25) is 0 Å². The van der Waals surface area contributed by atoms with E-state index in [2.05, 4.69) is 19.5 Å². The molecule has 0 aromatic heterocycles. The molecule has 1 amide bonds. The first-order valence-electron chi connectivity index (χ1n) is 10.6. The Morgan fingerprint density at radius 1 is 0.806 bits per heavy atom. The topological polar surface area (TPSA) is 137 Å². The summed E-state index contributed by atoms with van der Waals surface area (Å²) in [6, 6.07) is 18.7. The second kappa shape index (κ2) is 12.0. The smallest absolute Gasteiger partial charge is 0.337 e. The third-order valence-corrected chi connectivity index (χ3v) is 6.29. The minimum absolute atomic E-state index is 0.0465. The monoisotopic (exact) mass is 512 g/mol. The predicted molar refractivity (Wildman–Crippen MR) is 130 cm³/mol. The molecule has 0 aliphatic rings. The van der Waals surface area contributed by atoms with Gasteiger partial charge in [-0.15, -0.1) is 0 Å². The van der Waals surface area contributed by atoms with E-state index in [1.54, 1.807) is 0 Å². The van der Waals surface area contributed by atoms with Crippen molar-refractivity contribution in [2.24, 2.45) is 0 Å². The summed E-state index contributed by atoms with van der Waals surface area (Å²) in [5.41, 5.74) is 1.09. The fourth-order valence-electron chi connectivity index (χ4n) is 3.09. The standard InChI is InChI=1S/C25H24N2O8S/c1-33-24(29)18-12-19(25(30)34-2)14-20(13-18)27-23(28)16-35-21-8-10-22(11-9-21)36(31,32)26-15-17-6-4-3-5-7-17/h3-14,26H,15-16H2,1-2H3,(H,27,28). The minimum Gasteiger partial charge on any atom is -0.484 e. The molecule has 0 bridgehead atoms. The van der Waals surface area contributed by atoms with Crippen molar-refractivity contribution in [3.05, 3.63) is 89.5 Å². The van der Waals surface area contributed by atoms with E-state index in [-0.39, 0.29) is 34.0 Å². The molecule has 0 radical (unpaired) electrons. The molecule has 0 aliphatic carbocycles. The van der Waals surface area contributed by atoms with Crippen LogP contribution in [0.15, 0.2) is 77.7 Å². The molecule has 0 unspecified atom stereocenters. The van der Waals surface area contributed by atoms with Crippen molar-refractivity contribution in [1.29, 1.82) is 0 Å². The molecule has 0 heterocycles. The van der Waals surface area contributed by atoms with Gasteiger partial charge in [-0.3, -0.25) is 4.79 Å². The predicted octanol–water partition coefficient (Wildman–Crippen LogP) is 2.76. The number of ether oxygens (including phenoxy) is 3. The largest absolute Gasteiger partial charge is 0.484 e. The maximum Gasteiger partial charge on any atom is 0.337 e. The summed E-state index contributed by atoms with van der Waals surface area (Å²) in [4.78, 5) is 36.2. The number of anilines is 1. The molecule has 0 fully saturated rings. The molecule has 188 valence electrons. The fourth-order valence-corrected chi connectivity index (χ4v) is 4.11. The molecule has 3 rings (SSSR count). The van der Waals surface area contributed by atoms with E-state index < -0.39 is 34.5 Å². The number of methoxy groups -OCH3 is 2. The Kier molecular flexibility index (Phi) is 8.76. The second-order valence-corrected chi connectivity index (χ2v) is 9.17. The van der Waals surface area contributed by atoms with Crippen molar-refractivity contribution in [3.63, 3.8) is 0 Å². The van der Waals surface area contributed by atoms with Crippen LogP contribution in [-0.2, 0) is 30.8 Å². The number of nitrogens with one attached hydrogen (secondary N) is 2. The van der Waals surface area contributed by atoms with Crippen LogP contribution in [-0.4, -0.2) is 47.1 Å². The molecule has 0 atom stereocenters. The van der Waals surface area contributed by atoms with Gasteiger partial charge >= 0.3 is 11.9 Å². The molecule has 0 saturated carbocycles. The Morgan fingerprint density at radius 2 is 1.39 bits per heavy atom. The first kappa shape index (κ1) is 26.4. The first-order valence-corrected chi connectivity index (χ1v) is 12.1. The molecule has 2 N–H and O–H groups in total. The molecular formula is C25H24N2O8S.